The third kappa shape index (κ3) is 5.91. The molecule has 2 atom stereocenters. The van der Waals surface area contributed by atoms with Crippen LogP contribution < -0.4 is 0 Å². The van der Waals surface area contributed by atoms with E-state index in [4.69, 9.17) is 0 Å². The van der Waals surface area contributed by atoms with Gasteiger partial charge in [-0.15, -0.1) is 0 Å². The van der Waals surface area contributed by atoms with E-state index in [-0.39, 0.29) is 35.5 Å². The van der Waals surface area contributed by atoms with Crippen molar-refractivity contribution in [2.24, 2.45) is 11.8 Å². The van der Waals surface area contributed by atoms with Gasteiger partial charge in [-0.05, 0) is 104 Å². The van der Waals surface area contributed by atoms with Crippen molar-refractivity contribution in [2.75, 3.05) is 13.1 Å². The van der Waals surface area contributed by atoms with Crippen molar-refractivity contribution in [3.63, 3.8) is 0 Å². The van der Waals surface area contributed by atoms with Gasteiger partial charge in [-0.1, -0.05) is 122 Å². The molecule has 0 N–H and O–H groups in total. The second-order valence-corrected chi connectivity index (χ2v) is 16.1. The van der Waals surface area contributed by atoms with Gasteiger partial charge in [0, 0.05) is 46.1 Å². The second kappa shape index (κ2) is 14.9. The molecule has 0 saturated carbocycles. The van der Waals surface area contributed by atoms with E-state index in [0.29, 0.717) is 46.1 Å². The molecule has 6 heteroatoms. The number of hydrogen-bond donors (Lipinski definition) is 0. The normalized spacial score (nSPS) is 15.4. The average molecular weight is 733 g/mol. The van der Waals surface area contributed by atoms with Crippen LogP contribution in [0.3, 0.4) is 0 Å². The molecule has 6 aromatic carbocycles. The van der Waals surface area contributed by atoms with E-state index < -0.39 is 0 Å². The number of amides is 4. The number of imide groups is 2. The summed E-state index contributed by atoms with van der Waals surface area (Å²) >= 11 is 0. The van der Waals surface area contributed by atoms with Crippen LogP contribution in [0.15, 0.2) is 66.7 Å². The van der Waals surface area contributed by atoms with Gasteiger partial charge in [0.15, 0.2) is 0 Å². The first-order valence-electron chi connectivity index (χ1n) is 20.8. The minimum atomic E-state index is -0.239. The molecular formula is C49H52N2O4. The van der Waals surface area contributed by atoms with E-state index in [1.807, 2.05) is 42.5 Å². The number of hydrogen-bond acceptors (Lipinski definition) is 4. The van der Waals surface area contributed by atoms with Crippen molar-refractivity contribution in [2.45, 2.75) is 98.8 Å². The molecule has 0 saturated heterocycles. The van der Waals surface area contributed by atoms with Crippen molar-refractivity contribution in [1.29, 1.82) is 0 Å². The summed E-state index contributed by atoms with van der Waals surface area (Å²) in [5.41, 5.74) is 5.35. The SMILES string of the molecule is CCCCC(CC)CN1C(=O)c2ccc3c4ccc5c6c(cc(-c7ccc(CCC)cc7)c(c7ccc(c2c37)C1=O)c64)C(=O)N(CC(CC)CCCC)C5=O. The Balaban J connectivity index is 1.39. The monoisotopic (exact) mass is 732 g/mol. The molecule has 0 fully saturated rings. The Kier molecular flexibility index (Phi) is 9.96. The highest BCUT2D eigenvalue weighted by Gasteiger charge is 2.38. The zero-order chi connectivity index (χ0) is 38.5. The number of carbonyl (C=O) groups excluding carboxylic acids is 4. The first kappa shape index (κ1) is 36.9. The molecule has 2 aliphatic heterocycles. The van der Waals surface area contributed by atoms with Gasteiger partial charge < -0.3 is 0 Å². The summed E-state index contributed by atoms with van der Waals surface area (Å²) in [7, 11) is 0. The zero-order valence-electron chi connectivity index (χ0n) is 33.0. The number of rotatable bonds is 15. The molecule has 0 aromatic heterocycles. The first-order valence-corrected chi connectivity index (χ1v) is 20.8. The van der Waals surface area contributed by atoms with Crippen molar-refractivity contribution >= 4 is 66.7 Å². The molecule has 6 aromatic rings. The Labute approximate surface area is 324 Å². The van der Waals surface area contributed by atoms with E-state index in [1.54, 1.807) is 0 Å². The van der Waals surface area contributed by atoms with Crippen molar-refractivity contribution < 1.29 is 19.2 Å². The van der Waals surface area contributed by atoms with Crippen molar-refractivity contribution in [3.05, 3.63) is 94.5 Å². The molecule has 0 aliphatic carbocycles. The molecule has 282 valence electrons. The molecule has 6 nitrogen and oxygen atoms in total. The van der Waals surface area contributed by atoms with Gasteiger partial charge in [-0.2, -0.15) is 0 Å². The minimum absolute atomic E-state index is 0.237. The molecule has 0 radical (unpaired) electrons. The average Bonchev–Trinajstić information content (AvgIpc) is 3.21. The molecule has 2 aliphatic rings. The van der Waals surface area contributed by atoms with Crippen molar-refractivity contribution in [1.82, 2.24) is 9.80 Å². The topological polar surface area (TPSA) is 74.8 Å². The predicted molar refractivity (Wildman–Crippen MR) is 224 cm³/mol. The lowest BCUT2D eigenvalue weighted by Crippen LogP contribution is -2.43. The zero-order valence-corrected chi connectivity index (χ0v) is 33.0. The lowest BCUT2D eigenvalue weighted by atomic mass is 9.79. The number of nitrogens with zero attached hydrogens (tertiary/aromatic N) is 2. The van der Waals surface area contributed by atoms with Crippen LogP contribution in [-0.2, 0) is 6.42 Å². The number of carbonyl (C=O) groups is 4. The predicted octanol–water partition coefficient (Wildman–Crippen LogP) is 12.0. The fourth-order valence-electron chi connectivity index (χ4n) is 9.52. The van der Waals surface area contributed by atoms with Crippen LogP contribution in [-0.4, -0.2) is 46.5 Å². The number of unbranched alkanes of at least 4 members (excludes halogenated alkanes) is 2. The van der Waals surface area contributed by atoms with Gasteiger partial charge in [-0.3, -0.25) is 29.0 Å². The molecule has 55 heavy (non-hydrogen) atoms. The molecule has 0 spiro atoms. The molecule has 8 rings (SSSR count). The highest BCUT2D eigenvalue weighted by atomic mass is 16.2. The van der Waals surface area contributed by atoms with Crippen LogP contribution in [0, 0.1) is 11.8 Å². The van der Waals surface area contributed by atoms with Crippen LogP contribution >= 0.6 is 0 Å². The van der Waals surface area contributed by atoms with E-state index in [9.17, 15) is 19.2 Å². The number of benzene rings is 6. The Morgan fingerprint density at radius 1 is 0.455 bits per heavy atom. The van der Waals surface area contributed by atoms with Crippen molar-refractivity contribution in [3.8, 4) is 11.1 Å². The minimum Gasteiger partial charge on any atom is -0.274 e. The summed E-state index contributed by atoms with van der Waals surface area (Å²) < 4.78 is 0. The van der Waals surface area contributed by atoms with E-state index >= 15 is 0 Å². The summed E-state index contributed by atoms with van der Waals surface area (Å²) in [5, 5.41) is 6.82. The molecule has 0 bridgehead atoms. The first-order chi connectivity index (χ1) is 26.8. The van der Waals surface area contributed by atoms with Crippen LogP contribution in [0.2, 0.25) is 0 Å². The quantitative estimate of drug-likeness (QED) is 0.0598. The molecule has 2 unspecified atom stereocenters. The van der Waals surface area contributed by atoms with E-state index in [2.05, 4.69) is 58.9 Å². The summed E-state index contributed by atoms with van der Waals surface area (Å²) in [4.78, 5) is 60.6. The highest BCUT2D eigenvalue weighted by molar-refractivity contribution is 6.43. The molecular weight excluding hydrogens is 681 g/mol. The summed E-state index contributed by atoms with van der Waals surface area (Å²) in [6.45, 7) is 11.6. The molecule has 2 heterocycles. The van der Waals surface area contributed by atoms with Gasteiger partial charge in [0.05, 0.1) is 0 Å². The lowest BCUT2D eigenvalue weighted by molar-refractivity contribution is 0.0565. The van der Waals surface area contributed by atoms with Crippen LogP contribution in [0.25, 0.3) is 54.2 Å². The van der Waals surface area contributed by atoms with E-state index in [1.165, 1.54) is 15.4 Å². The summed E-state index contributed by atoms with van der Waals surface area (Å²) in [5.74, 6) is -0.454. The standard InChI is InChI=1S/C49H52N2O4/c1-6-11-14-29(9-4)27-50-46(52)36-23-20-33-34-21-24-38-44-40(49(55)51(48(38)54)28-30(10-5)15-12-7-2)26-39(32-18-16-31(13-8-3)17-19-32)42(45(34)44)35-22-25-37(47(50)53)43(36)41(33)35/h16-26,29-30H,6-15,27-28H2,1-5H3. The third-order valence-electron chi connectivity index (χ3n) is 12.7. The van der Waals surface area contributed by atoms with Crippen LogP contribution in [0.5, 0.6) is 0 Å². The Hall–Kier alpha value is -5.10. The van der Waals surface area contributed by atoms with Gasteiger partial charge >= 0.3 is 0 Å². The van der Waals surface area contributed by atoms with Crippen LogP contribution in [0.4, 0.5) is 0 Å². The largest absolute Gasteiger partial charge is 0.274 e. The van der Waals surface area contributed by atoms with Gasteiger partial charge in [0.2, 0.25) is 0 Å². The van der Waals surface area contributed by atoms with Gasteiger partial charge in [0.25, 0.3) is 23.6 Å². The fraction of sp³-hybridized carbons (Fsp3) is 0.388. The number of aryl methyl sites for hydroxylation is 1. The Bertz CT molecular complexity index is 2470. The molecule has 4 amide bonds. The third-order valence-corrected chi connectivity index (χ3v) is 12.7. The maximum atomic E-state index is 14.6. The summed E-state index contributed by atoms with van der Waals surface area (Å²) in [6, 6.07) is 22.3. The van der Waals surface area contributed by atoms with Crippen LogP contribution in [0.1, 0.15) is 139 Å². The Morgan fingerprint density at radius 3 is 1.42 bits per heavy atom. The highest BCUT2D eigenvalue weighted by Crippen LogP contribution is 2.49. The lowest BCUT2D eigenvalue weighted by Gasteiger charge is -2.33. The van der Waals surface area contributed by atoms with Gasteiger partial charge in [0.1, 0.15) is 0 Å². The summed E-state index contributed by atoms with van der Waals surface area (Å²) in [6.07, 6.45) is 10.1. The second-order valence-electron chi connectivity index (χ2n) is 16.1. The maximum Gasteiger partial charge on any atom is 0.261 e. The fourth-order valence-corrected chi connectivity index (χ4v) is 9.52. The van der Waals surface area contributed by atoms with Gasteiger partial charge in [-0.25, -0.2) is 0 Å². The number of fused-ring (bicyclic) bond motifs is 2. The van der Waals surface area contributed by atoms with E-state index in [0.717, 1.165) is 108 Å². The Morgan fingerprint density at radius 2 is 0.927 bits per heavy atom. The maximum absolute atomic E-state index is 14.6. The smallest absolute Gasteiger partial charge is 0.261 e.